The Labute approximate surface area is 201 Å². The summed E-state index contributed by atoms with van der Waals surface area (Å²) in [6.07, 6.45) is 2.21. The summed E-state index contributed by atoms with van der Waals surface area (Å²) < 4.78 is 5.52. The number of aliphatic hydroxyl groups is 1. The Morgan fingerprint density at radius 1 is 1.11 bits per heavy atom. The van der Waals surface area contributed by atoms with Crippen LogP contribution >= 0.6 is 0 Å². The second-order valence-corrected chi connectivity index (χ2v) is 8.60. The number of nitrogens with one attached hydrogen (secondary N) is 3. The van der Waals surface area contributed by atoms with Crippen molar-refractivity contribution in [2.45, 2.75) is 30.9 Å². The number of aromatic nitrogens is 2. The second-order valence-electron chi connectivity index (χ2n) is 8.60. The van der Waals surface area contributed by atoms with Crippen LogP contribution < -0.4 is 10.6 Å². The number of hydrogen-bond donors (Lipinski definition) is 5. The molecule has 0 aliphatic heterocycles. The molecule has 1 heterocycles. The number of amides is 2. The average molecular weight is 479 g/mol. The largest absolute Gasteiger partial charge is 0.479 e. The van der Waals surface area contributed by atoms with E-state index in [2.05, 4.69) is 20.6 Å². The third-order valence-electron chi connectivity index (χ3n) is 6.00. The minimum absolute atomic E-state index is 0.0608. The Hall–Kier alpha value is -4.18. The highest BCUT2D eigenvalue weighted by Crippen LogP contribution is 2.44. The number of carboxylic acids is 1. The highest BCUT2D eigenvalue weighted by molar-refractivity contribution is 5.87. The molecule has 2 unspecified atom stereocenters. The van der Waals surface area contributed by atoms with Crippen molar-refractivity contribution in [2.24, 2.45) is 0 Å². The summed E-state index contributed by atoms with van der Waals surface area (Å²) in [6, 6.07) is 14.8. The fourth-order valence-corrected chi connectivity index (χ4v) is 4.07. The van der Waals surface area contributed by atoms with Gasteiger partial charge in [-0.15, -0.1) is 0 Å². The molecule has 0 radical (unpaired) electrons. The Morgan fingerprint density at radius 2 is 1.74 bits per heavy atom. The summed E-state index contributed by atoms with van der Waals surface area (Å²) in [5.74, 6) is -2.29. The van der Waals surface area contributed by atoms with Gasteiger partial charge in [-0.2, -0.15) is 0 Å². The van der Waals surface area contributed by atoms with Gasteiger partial charge in [-0.3, -0.25) is 4.79 Å². The molecule has 10 heteroatoms. The molecule has 0 fully saturated rings. The van der Waals surface area contributed by atoms with Crippen molar-refractivity contribution in [1.29, 1.82) is 0 Å². The number of imidazole rings is 1. The lowest BCUT2D eigenvalue weighted by molar-refractivity contribution is -0.156. The Kier molecular flexibility index (Phi) is 6.83. The Bertz CT molecular complexity index is 1180. The third kappa shape index (κ3) is 5.33. The summed E-state index contributed by atoms with van der Waals surface area (Å²) >= 11 is 0. The van der Waals surface area contributed by atoms with Crippen molar-refractivity contribution in [3.05, 3.63) is 77.9 Å². The second kappa shape index (κ2) is 9.98. The number of aliphatic carboxylic acids is 1. The van der Waals surface area contributed by atoms with Crippen LogP contribution in [0.2, 0.25) is 0 Å². The summed E-state index contributed by atoms with van der Waals surface area (Å²) in [6.45, 7) is 0.609. The lowest BCUT2D eigenvalue weighted by Gasteiger charge is -2.22. The van der Waals surface area contributed by atoms with E-state index in [0.717, 1.165) is 29.2 Å². The van der Waals surface area contributed by atoms with E-state index in [-0.39, 0.29) is 18.9 Å². The van der Waals surface area contributed by atoms with Crippen LogP contribution in [0.4, 0.5) is 4.79 Å². The molecule has 182 valence electrons. The number of rotatable bonds is 9. The Morgan fingerprint density at radius 3 is 2.31 bits per heavy atom. The molecule has 2 atom stereocenters. The summed E-state index contributed by atoms with van der Waals surface area (Å²) in [5, 5.41) is 23.9. The summed E-state index contributed by atoms with van der Waals surface area (Å²) in [4.78, 5) is 43.3. The fourth-order valence-electron chi connectivity index (χ4n) is 4.07. The zero-order valence-corrected chi connectivity index (χ0v) is 19.0. The molecule has 1 aliphatic carbocycles. The quantitative estimate of drug-likeness (QED) is 0.314. The van der Waals surface area contributed by atoms with Crippen molar-refractivity contribution in [2.75, 3.05) is 13.2 Å². The van der Waals surface area contributed by atoms with Crippen molar-refractivity contribution >= 4 is 18.0 Å². The summed E-state index contributed by atoms with van der Waals surface area (Å²) in [7, 11) is 0. The molecule has 2 aromatic carbocycles. The SMILES string of the molecule is CC(O)(CNC(=O)C(Cc1cnc[nH]1)NC(=O)OCC1c2ccccc2-c2ccccc21)C(=O)O. The molecule has 3 aromatic rings. The van der Waals surface area contributed by atoms with Crippen LogP contribution in [-0.2, 0) is 20.7 Å². The van der Waals surface area contributed by atoms with Crippen molar-refractivity contribution in [3.63, 3.8) is 0 Å². The van der Waals surface area contributed by atoms with Gasteiger partial charge >= 0.3 is 12.1 Å². The molecule has 0 spiro atoms. The van der Waals surface area contributed by atoms with E-state index in [0.29, 0.717) is 5.69 Å². The number of alkyl carbamates (subject to hydrolysis) is 1. The number of nitrogens with zero attached hydrogens (tertiary/aromatic N) is 1. The number of aromatic amines is 1. The molecule has 4 rings (SSSR count). The van der Waals surface area contributed by atoms with Gasteiger partial charge in [0.25, 0.3) is 0 Å². The van der Waals surface area contributed by atoms with E-state index in [9.17, 15) is 19.5 Å². The molecule has 0 saturated carbocycles. The Balaban J connectivity index is 1.43. The van der Waals surface area contributed by atoms with Crippen molar-refractivity contribution in [3.8, 4) is 11.1 Å². The standard InChI is InChI=1S/C25H26N4O6/c1-25(34,23(31)32)13-27-22(30)21(10-15-11-26-14-28-15)29-24(33)35-12-20-18-8-4-2-6-16(18)17-7-3-5-9-19(17)20/h2-9,11,14,20-21,34H,10,12-13H2,1H3,(H,26,28)(H,27,30)(H,29,33)(H,31,32). The first-order chi connectivity index (χ1) is 16.8. The van der Waals surface area contributed by atoms with Crippen LogP contribution in [-0.4, -0.2) is 62.9 Å². The molecular formula is C25H26N4O6. The zero-order valence-electron chi connectivity index (χ0n) is 19.0. The maximum absolute atomic E-state index is 12.7. The minimum atomic E-state index is -2.15. The lowest BCUT2D eigenvalue weighted by atomic mass is 9.98. The van der Waals surface area contributed by atoms with Crippen molar-refractivity contribution < 1.29 is 29.3 Å². The van der Waals surface area contributed by atoms with E-state index >= 15 is 0 Å². The monoisotopic (exact) mass is 478 g/mol. The van der Waals surface area contributed by atoms with Crippen LogP contribution in [0.5, 0.6) is 0 Å². The normalized spacial score (nSPS) is 14.8. The van der Waals surface area contributed by atoms with Gasteiger partial charge < -0.3 is 30.6 Å². The van der Waals surface area contributed by atoms with Gasteiger partial charge in [-0.05, 0) is 29.2 Å². The zero-order chi connectivity index (χ0) is 25.0. The number of H-pyrrole nitrogens is 1. The van der Waals surface area contributed by atoms with Gasteiger partial charge in [-0.25, -0.2) is 14.6 Å². The fraction of sp³-hybridized carbons (Fsp3) is 0.280. The van der Waals surface area contributed by atoms with E-state index < -0.39 is 36.2 Å². The van der Waals surface area contributed by atoms with Gasteiger partial charge in [0, 0.05) is 24.2 Å². The minimum Gasteiger partial charge on any atom is -0.479 e. The van der Waals surface area contributed by atoms with Gasteiger partial charge in [-0.1, -0.05) is 48.5 Å². The third-order valence-corrected chi connectivity index (χ3v) is 6.00. The van der Waals surface area contributed by atoms with Crippen LogP contribution in [0, 0.1) is 0 Å². The number of carbonyl (C=O) groups is 3. The van der Waals surface area contributed by atoms with E-state index in [1.165, 1.54) is 12.5 Å². The molecule has 1 aromatic heterocycles. The number of benzene rings is 2. The average Bonchev–Trinajstić information content (AvgIpc) is 3.47. The van der Waals surface area contributed by atoms with Crippen LogP contribution in [0.25, 0.3) is 11.1 Å². The molecule has 2 amide bonds. The van der Waals surface area contributed by atoms with Gasteiger partial charge in [0.2, 0.25) is 5.91 Å². The number of ether oxygens (including phenoxy) is 1. The first kappa shape index (κ1) is 24.0. The molecular weight excluding hydrogens is 452 g/mol. The van der Waals surface area contributed by atoms with Crippen LogP contribution in [0.15, 0.2) is 61.1 Å². The maximum atomic E-state index is 12.7. The van der Waals surface area contributed by atoms with E-state index in [1.807, 2.05) is 48.5 Å². The van der Waals surface area contributed by atoms with Gasteiger partial charge in [0.1, 0.15) is 12.6 Å². The predicted molar refractivity (Wildman–Crippen MR) is 126 cm³/mol. The molecule has 1 aliphatic rings. The first-order valence-electron chi connectivity index (χ1n) is 11.1. The molecule has 35 heavy (non-hydrogen) atoms. The van der Waals surface area contributed by atoms with E-state index in [4.69, 9.17) is 9.84 Å². The number of fused-ring (bicyclic) bond motifs is 3. The van der Waals surface area contributed by atoms with Crippen LogP contribution in [0.1, 0.15) is 29.7 Å². The highest BCUT2D eigenvalue weighted by atomic mass is 16.5. The number of carboxylic acid groups (broad SMARTS) is 1. The maximum Gasteiger partial charge on any atom is 0.407 e. The molecule has 10 nitrogen and oxygen atoms in total. The highest BCUT2D eigenvalue weighted by Gasteiger charge is 2.33. The molecule has 5 N–H and O–H groups in total. The molecule has 0 bridgehead atoms. The predicted octanol–water partition coefficient (Wildman–Crippen LogP) is 1.81. The van der Waals surface area contributed by atoms with E-state index in [1.54, 1.807) is 0 Å². The van der Waals surface area contributed by atoms with Crippen LogP contribution in [0.3, 0.4) is 0 Å². The molecule has 0 saturated heterocycles. The lowest BCUT2D eigenvalue weighted by Crippen LogP contribution is -2.53. The number of carbonyl (C=O) groups excluding carboxylic acids is 2. The van der Waals surface area contributed by atoms with Gasteiger partial charge in [0.05, 0.1) is 12.9 Å². The summed E-state index contributed by atoms with van der Waals surface area (Å²) in [5.41, 5.74) is 2.73. The number of hydrogen-bond acceptors (Lipinski definition) is 6. The first-order valence-corrected chi connectivity index (χ1v) is 11.1. The van der Waals surface area contributed by atoms with Crippen molar-refractivity contribution in [1.82, 2.24) is 20.6 Å². The van der Waals surface area contributed by atoms with Gasteiger partial charge in [0.15, 0.2) is 5.60 Å². The topological polar surface area (TPSA) is 154 Å². The smallest absolute Gasteiger partial charge is 0.407 e.